The van der Waals surface area contributed by atoms with Gasteiger partial charge in [-0.25, -0.2) is 9.29 Å². The van der Waals surface area contributed by atoms with Crippen molar-refractivity contribution in [3.63, 3.8) is 0 Å². The molecule has 6 atom stereocenters. The number of imide groups is 2. The molecule has 44 heavy (non-hydrogen) atoms. The highest BCUT2D eigenvalue weighted by molar-refractivity contribution is 6.58. The van der Waals surface area contributed by atoms with Crippen molar-refractivity contribution >= 4 is 58.5 Å². The molecule has 4 amide bonds. The summed E-state index contributed by atoms with van der Waals surface area (Å²) in [7, 11) is 0. The van der Waals surface area contributed by atoms with Crippen molar-refractivity contribution in [1.29, 1.82) is 0 Å². The number of carbonyl (C=O) groups is 5. The van der Waals surface area contributed by atoms with Gasteiger partial charge in [0.1, 0.15) is 5.82 Å². The van der Waals surface area contributed by atoms with E-state index < -0.39 is 75.3 Å². The summed E-state index contributed by atoms with van der Waals surface area (Å²) in [6.07, 6.45) is 1.16. The highest BCUT2D eigenvalue weighted by Crippen LogP contribution is 2.66. The number of phenols is 1. The van der Waals surface area contributed by atoms with Crippen LogP contribution in [-0.4, -0.2) is 67.6 Å². The number of aromatic hydroxyl groups is 1. The molecule has 2 heterocycles. The van der Waals surface area contributed by atoms with Gasteiger partial charge in [-0.2, -0.15) is 0 Å². The van der Waals surface area contributed by atoms with Gasteiger partial charge in [-0.15, -0.1) is 23.2 Å². The molecule has 13 heteroatoms. The number of hydrogen-bond donors (Lipinski definition) is 2. The zero-order valence-corrected chi connectivity index (χ0v) is 24.8. The highest BCUT2D eigenvalue weighted by Gasteiger charge is 2.76. The molecule has 230 valence electrons. The molecule has 1 saturated carbocycles. The number of alkyl halides is 2. The van der Waals surface area contributed by atoms with Crippen LogP contribution < -0.4 is 9.64 Å². The number of phenolic OH excluding ortho intramolecular Hbond substituents is 1. The summed E-state index contributed by atoms with van der Waals surface area (Å²) in [5.41, 5.74) is 0.952. The smallest absolute Gasteiger partial charge is 0.305 e. The van der Waals surface area contributed by atoms with E-state index in [1.165, 1.54) is 30.3 Å². The molecule has 0 bridgehead atoms. The lowest BCUT2D eigenvalue weighted by atomic mass is 9.56. The number of rotatable bonds is 7. The minimum Gasteiger partial charge on any atom is -0.504 e. The zero-order valence-electron chi connectivity index (χ0n) is 23.3. The lowest BCUT2D eigenvalue weighted by Gasteiger charge is -2.50. The first-order valence-corrected chi connectivity index (χ1v) is 14.9. The number of carboxylic acid groups (broad SMARTS) is 1. The number of amides is 4. The summed E-state index contributed by atoms with van der Waals surface area (Å²) in [5, 5.41) is 19.6. The van der Waals surface area contributed by atoms with Crippen LogP contribution in [0.25, 0.3) is 0 Å². The summed E-state index contributed by atoms with van der Waals surface area (Å²) in [6, 6.07) is 9.09. The molecular weight excluding hydrogens is 618 g/mol. The zero-order chi connectivity index (χ0) is 31.7. The molecule has 4 aliphatic rings. The third-order valence-corrected chi connectivity index (χ3v) is 10.6. The van der Waals surface area contributed by atoms with Gasteiger partial charge in [0.2, 0.25) is 11.8 Å². The monoisotopic (exact) mass is 644 g/mol. The number of hydrogen-bond acceptors (Lipinski definition) is 7. The minimum atomic E-state index is -2.13. The fourth-order valence-electron chi connectivity index (χ4n) is 7.25. The van der Waals surface area contributed by atoms with E-state index in [9.17, 15) is 38.6 Å². The Morgan fingerprint density at radius 2 is 1.75 bits per heavy atom. The van der Waals surface area contributed by atoms with Gasteiger partial charge in [0, 0.05) is 12.5 Å². The molecule has 2 aliphatic carbocycles. The number of halogens is 3. The number of nitrogens with zero attached hydrogens (tertiary/aromatic N) is 2. The second-order valence-electron chi connectivity index (χ2n) is 11.4. The van der Waals surface area contributed by atoms with Crippen LogP contribution in [0, 0.1) is 23.6 Å². The molecule has 2 aromatic rings. The average molecular weight is 645 g/mol. The van der Waals surface area contributed by atoms with Crippen molar-refractivity contribution in [1.82, 2.24) is 4.90 Å². The SMILES string of the molecule is CCOc1cc(C2C3=CCC4C(=O)N(CCC(=O)O)C(=O)C4C3CC3(Cl)C(=O)N(c4ccc(F)cc4)C(=O)C23Cl)ccc1O. The summed E-state index contributed by atoms with van der Waals surface area (Å²) < 4.78 is 19.4. The van der Waals surface area contributed by atoms with Crippen LogP contribution in [0.3, 0.4) is 0 Å². The van der Waals surface area contributed by atoms with Gasteiger partial charge in [0.15, 0.2) is 21.2 Å². The Bertz CT molecular complexity index is 1650. The molecule has 0 spiro atoms. The molecular formula is C31H27Cl2FN2O8. The van der Waals surface area contributed by atoms with E-state index in [1.807, 2.05) is 0 Å². The Balaban J connectivity index is 1.52. The first-order chi connectivity index (χ1) is 20.8. The molecule has 0 radical (unpaired) electrons. The Morgan fingerprint density at radius 1 is 1.05 bits per heavy atom. The molecule has 2 N–H and O–H groups in total. The first-order valence-electron chi connectivity index (χ1n) is 14.1. The van der Waals surface area contributed by atoms with Crippen LogP contribution in [0.2, 0.25) is 0 Å². The molecule has 10 nitrogen and oxygen atoms in total. The van der Waals surface area contributed by atoms with E-state index in [0.29, 0.717) is 11.1 Å². The number of benzene rings is 2. The number of aliphatic carboxylic acids is 1. The quantitative estimate of drug-likeness (QED) is 0.262. The third-order valence-electron chi connectivity index (χ3n) is 9.15. The molecule has 6 unspecified atom stereocenters. The van der Waals surface area contributed by atoms with Crippen LogP contribution in [0.4, 0.5) is 10.1 Å². The van der Waals surface area contributed by atoms with E-state index in [0.717, 1.165) is 21.9 Å². The minimum absolute atomic E-state index is 0.0529. The third kappa shape index (κ3) is 4.16. The van der Waals surface area contributed by atoms with Crippen LogP contribution >= 0.6 is 23.2 Å². The van der Waals surface area contributed by atoms with Crippen molar-refractivity contribution in [2.45, 2.75) is 41.9 Å². The number of likely N-dealkylation sites (tertiary alicyclic amines) is 1. The summed E-state index contributed by atoms with van der Waals surface area (Å²) in [5.74, 6) is -8.34. The number of carbonyl (C=O) groups excluding carboxylic acids is 4. The summed E-state index contributed by atoms with van der Waals surface area (Å²) >= 11 is 14.6. The lowest BCUT2D eigenvalue weighted by Crippen LogP contribution is -2.60. The van der Waals surface area contributed by atoms with Crippen LogP contribution in [0.15, 0.2) is 54.1 Å². The normalized spacial score (nSPS) is 31.0. The Kier molecular flexibility index (Phi) is 7.24. The fourth-order valence-corrected chi connectivity index (χ4v) is 8.18. The van der Waals surface area contributed by atoms with E-state index in [-0.39, 0.29) is 43.2 Å². The molecule has 3 fully saturated rings. The standard InChI is InChI=1S/C31H27Cl2FN2O8/c1-2-44-22-13-15(3-10-21(22)37)25-18-8-9-19-24(27(41)35(26(19)40)12-11-23(38)39)20(18)14-30(32)28(42)36(29(43)31(25,30)33)17-6-4-16(34)5-7-17/h3-8,10,13,19-20,24-25,37H,2,9,11-12,14H2,1H3,(H,38,39). The van der Waals surface area contributed by atoms with Crippen molar-refractivity contribution in [2.75, 3.05) is 18.1 Å². The van der Waals surface area contributed by atoms with Gasteiger partial charge in [0.25, 0.3) is 11.8 Å². The Morgan fingerprint density at radius 3 is 2.41 bits per heavy atom. The Labute approximate surface area is 261 Å². The van der Waals surface area contributed by atoms with E-state index in [4.69, 9.17) is 27.9 Å². The molecule has 0 aromatic heterocycles. The maximum absolute atomic E-state index is 14.3. The average Bonchev–Trinajstić information content (AvgIpc) is 3.31. The summed E-state index contributed by atoms with van der Waals surface area (Å²) in [6.45, 7) is 1.63. The van der Waals surface area contributed by atoms with E-state index >= 15 is 0 Å². The topological polar surface area (TPSA) is 142 Å². The van der Waals surface area contributed by atoms with Gasteiger partial charge in [-0.05, 0) is 67.6 Å². The van der Waals surface area contributed by atoms with E-state index in [1.54, 1.807) is 13.0 Å². The molecule has 2 saturated heterocycles. The predicted octanol–water partition coefficient (Wildman–Crippen LogP) is 3.97. The van der Waals surface area contributed by atoms with Crippen molar-refractivity contribution in [2.24, 2.45) is 17.8 Å². The van der Waals surface area contributed by atoms with Crippen molar-refractivity contribution in [3.05, 3.63) is 65.5 Å². The van der Waals surface area contributed by atoms with Crippen molar-refractivity contribution in [3.8, 4) is 11.5 Å². The predicted molar refractivity (Wildman–Crippen MR) is 155 cm³/mol. The van der Waals surface area contributed by atoms with Crippen molar-refractivity contribution < 1.29 is 43.3 Å². The molecule has 2 aliphatic heterocycles. The summed E-state index contributed by atoms with van der Waals surface area (Å²) in [4.78, 5) is 64.4. The maximum atomic E-state index is 14.3. The van der Waals surface area contributed by atoms with Crippen LogP contribution in [0.5, 0.6) is 11.5 Å². The van der Waals surface area contributed by atoms with Crippen LogP contribution in [-0.2, 0) is 24.0 Å². The number of ether oxygens (including phenoxy) is 1. The van der Waals surface area contributed by atoms with Gasteiger partial charge in [-0.1, -0.05) is 17.7 Å². The van der Waals surface area contributed by atoms with Gasteiger partial charge in [0.05, 0.1) is 30.6 Å². The Hall–Kier alpha value is -3.96. The van der Waals surface area contributed by atoms with Crippen LogP contribution in [0.1, 0.15) is 37.7 Å². The van der Waals surface area contributed by atoms with E-state index in [2.05, 4.69) is 0 Å². The number of allylic oxidation sites excluding steroid dienone is 2. The number of fused-ring (bicyclic) bond motifs is 4. The number of carboxylic acids is 1. The van der Waals surface area contributed by atoms with Gasteiger partial charge < -0.3 is 14.9 Å². The second kappa shape index (κ2) is 10.6. The van der Waals surface area contributed by atoms with Gasteiger partial charge >= 0.3 is 5.97 Å². The number of anilines is 1. The molecule has 2 aromatic carbocycles. The lowest BCUT2D eigenvalue weighted by molar-refractivity contribution is -0.142. The maximum Gasteiger partial charge on any atom is 0.305 e. The highest BCUT2D eigenvalue weighted by atomic mass is 35.5. The fraction of sp³-hybridized carbons (Fsp3) is 0.387. The first kappa shape index (κ1) is 30.1. The largest absolute Gasteiger partial charge is 0.504 e. The molecule has 6 rings (SSSR count). The van der Waals surface area contributed by atoms with Gasteiger partial charge in [-0.3, -0.25) is 28.9 Å². The second-order valence-corrected chi connectivity index (χ2v) is 12.6.